The zero-order valence-electron chi connectivity index (χ0n) is 11.5. The Morgan fingerprint density at radius 3 is 2.48 bits per heavy atom. The van der Waals surface area contributed by atoms with E-state index in [2.05, 4.69) is 10.6 Å². The molecule has 1 aromatic rings. The maximum atomic E-state index is 12.4. The van der Waals surface area contributed by atoms with Crippen LogP contribution < -0.4 is 16.2 Å². The molecule has 1 amide bonds. The maximum absolute atomic E-state index is 12.4. The van der Waals surface area contributed by atoms with E-state index in [1.54, 1.807) is 4.98 Å². The summed E-state index contributed by atoms with van der Waals surface area (Å²) in [5, 5.41) is 5.53. The van der Waals surface area contributed by atoms with Crippen LogP contribution in [0.1, 0.15) is 29.9 Å². The fourth-order valence-corrected chi connectivity index (χ4v) is 1.58. The number of carbonyl (C=O) groups is 1. The molecule has 0 aromatic carbocycles. The van der Waals surface area contributed by atoms with Crippen LogP contribution in [0.3, 0.4) is 0 Å². The van der Waals surface area contributed by atoms with Gasteiger partial charge in [-0.2, -0.15) is 13.2 Å². The van der Waals surface area contributed by atoms with E-state index in [1.165, 1.54) is 0 Å². The van der Waals surface area contributed by atoms with Crippen LogP contribution in [0.5, 0.6) is 0 Å². The van der Waals surface area contributed by atoms with E-state index in [0.29, 0.717) is 6.07 Å². The van der Waals surface area contributed by atoms with E-state index in [-0.39, 0.29) is 30.6 Å². The van der Waals surface area contributed by atoms with Crippen LogP contribution in [0, 0.1) is 0 Å². The van der Waals surface area contributed by atoms with Crippen molar-refractivity contribution in [1.29, 1.82) is 0 Å². The van der Waals surface area contributed by atoms with Gasteiger partial charge < -0.3 is 15.6 Å². The molecule has 3 N–H and O–H groups in total. The van der Waals surface area contributed by atoms with Gasteiger partial charge in [-0.1, -0.05) is 6.92 Å². The fraction of sp³-hybridized carbons (Fsp3) is 0.500. The topological polar surface area (TPSA) is 74.0 Å². The van der Waals surface area contributed by atoms with Crippen LogP contribution in [0.15, 0.2) is 16.9 Å². The summed E-state index contributed by atoms with van der Waals surface area (Å²) in [5.74, 6) is -0.704. The number of carbonyl (C=O) groups excluding carboxylic acids is 1. The summed E-state index contributed by atoms with van der Waals surface area (Å²) in [7, 11) is 0. The van der Waals surface area contributed by atoms with Gasteiger partial charge in [0, 0.05) is 12.6 Å². The van der Waals surface area contributed by atoms with Crippen LogP contribution >= 0.6 is 12.4 Å². The van der Waals surface area contributed by atoms with E-state index in [1.807, 2.05) is 13.8 Å². The standard InChI is InChI=1S/C12H16F3N3O2.ClH/c1-3-16-7(2)6-17-10(19)8-4-5-9(12(13,14)15)18-11(8)20;/h4-5,7,16H,3,6H2,1-2H3,(H,17,19)(H,18,20);1H/t7-;/m1./s1. The second kappa shape index (κ2) is 8.04. The molecule has 0 unspecified atom stereocenters. The van der Waals surface area contributed by atoms with Gasteiger partial charge in [0.05, 0.1) is 0 Å². The normalized spacial score (nSPS) is 12.4. The predicted molar refractivity (Wildman–Crippen MR) is 74.8 cm³/mol. The van der Waals surface area contributed by atoms with E-state index in [0.717, 1.165) is 12.6 Å². The van der Waals surface area contributed by atoms with E-state index < -0.39 is 23.3 Å². The lowest BCUT2D eigenvalue weighted by Gasteiger charge is -2.13. The molecule has 0 aliphatic heterocycles. The number of halogens is 4. The molecule has 0 saturated carbocycles. The molecule has 5 nitrogen and oxygen atoms in total. The molecule has 1 aromatic heterocycles. The molecule has 1 heterocycles. The van der Waals surface area contributed by atoms with E-state index in [4.69, 9.17) is 0 Å². The highest BCUT2D eigenvalue weighted by Crippen LogP contribution is 2.26. The van der Waals surface area contributed by atoms with Gasteiger partial charge >= 0.3 is 6.18 Å². The lowest BCUT2D eigenvalue weighted by Crippen LogP contribution is -2.40. The maximum Gasteiger partial charge on any atom is 0.431 e. The van der Waals surface area contributed by atoms with Gasteiger partial charge in [0.25, 0.3) is 11.5 Å². The summed E-state index contributed by atoms with van der Waals surface area (Å²) in [4.78, 5) is 24.8. The molecular weight excluding hydrogens is 311 g/mol. The van der Waals surface area contributed by atoms with Crippen LogP contribution in [-0.4, -0.2) is 30.0 Å². The summed E-state index contributed by atoms with van der Waals surface area (Å²) >= 11 is 0. The number of aromatic amines is 1. The van der Waals surface area contributed by atoms with Gasteiger partial charge in [-0.15, -0.1) is 12.4 Å². The number of H-pyrrole nitrogens is 1. The number of hydrogen-bond donors (Lipinski definition) is 3. The first-order chi connectivity index (χ1) is 9.25. The van der Waals surface area contributed by atoms with Gasteiger partial charge in [-0.3, -0.25) is 9.59 Å². The zero-order valence-corrected chi connectivity index (χ0v) is 12.3. The predicted octanol–water partition coefficient (Wildman–Crippen LogP) is 1.54. The van der Waals surface area contributed by atoms with Crippen LogP contribution in [0.25, 0.3) is 0 Å². The number of pyridine rings is 1. The van der Waals surface area contributed by atoms with Gasteiger partial charge in [-0.25, -0.2) is 0 Å². The van der Waals surface area contributed by atoms with Crippen molar-refractivity contribution in [2.75, 3.05) is 13.1 Å². The fourth-order valence-electron chi connectivity index (χ4n) is 1.58. The molecule has 0 aliphatic rings. The van der Waals surface area contributed by atoms with Crippen molar-refractivity contribution in [3.63, 3.8) is 0 Å². The number of aromatic nitrogens is 1. The third kappa shape index (κ3) is 5.76. The Balaban J connectivity index is 0.00000400. The average Bonchev–Trinajstić information content (AvgIpc) is 2.35. The molecule has 0 fully saturated rings. The average molecular weight is 328 g/mol. The molecule has 1 atom stereocenters. The number of rotatable bonds is 5. The molecule has 0 radical (unpaired) electrons. The minimum Gasteiger partial charge on any atom is -0.350 e. The molecule has 0 bridgehead atoms. The molecule has 0 saturated heterocycles. The van der Waals surface area contributed by atoms with Crippen LogP contribution in [-0.2, 0) is 6.18 Å². The van der Waals surface area contributed by atoms with Crippen molar-refractivity contribution < 1.29 is 18.0 Å². The quantitative estimate of drug-likeness (QED) is 0.768. The molecule has 0 spiro atoms. The summed E-state index contributed by atoms with van der Waals surface area (Å²) in [5.41, 5.74) is -2.59. The molecule has 1 rings (SSSR count). The van der Waals surface area contributed by atoms with E-state index >= 15 is 0 Å². The van der Waals surface area contributed by atoms with Gasteiger partial charge in [-0.05, 0) is 25.6 Å². The molecule has 120 valence electrons. The Hall–Kier alpha value is -1.54. The van der Waals surface area contributed by atoms with Crippen molar-refractivity contribution in [3.8, 4) is 0 Å². The highest BCUT2D eigenvalue weighted by Gasteiger charge is 2.32. The highest BCUT2D eigenvalue weighted by molar-refractivity contribution is 5.93. The van der Waals surface area contributed by atoms with Crippen LogP contribution in [0.4, 0.5) is 13.2 Å². The Morgan fingerprint density at radius 1 is 1.38 bits per heavy atom. The minimum absolute atomic E-state index is 0. The largest absolute Gasteiger partial charge is 0.431 e. The molecular formula is C12H17ClF3N3O2. The zero-order chi connectivity index (χ0) is 15.3. The Morgan fingerprint density at radius 2 is 2.00 bits per heavy atom. The van der Waals surface area contributed by atoms with Crippen molar-refractivity contribution in [2.24, 2.45) is 0 Å². The lowest BCUT2D eigenvalue weighted by molar-refractivity contribution is -0.141. The number of likely N-dealkylation sites (N-methyl/N-ethyl adjacent to an activating group) is 1. The number of alkyl halides is 3. The lowest BCUT2D eigenvalue weighted by atomic mass is 10.2. The minimum atomic E-state index is -4.65. The Labute approximate surface area is 125 Å². The van der Waals surface area contributed by atoms with Crippen molar-refractivity contribution >= 4 is 18.3 Å². The van der Waals surface area contributed by atoms with Crippen molar-refractivity contribution in [3.05, 3.63) is 33.7 Å². The number of amides is 1. The summed E-state index contributed by atoms with van der Waals surface area (Å²) in [6.45, 7) is 4.73. The second-order valence-electron chi connectivity index (χ2n) is 4.28. The SMILES string of the molecule is CCN[C@H](C)CNC(=O)c1ccc(C(F)(F)F)[nH]c1=O.Cl. The molecule has 21 heavy (non-hydrogen) atoms. The van der Waals surface area contributed by atoms with Gasteiger partial charge in [0.15, 0.2) is 0 Å². The van der Waals surface area contributed by atoms with Gasteiger partial charge in [0.2, 0.25) is 0 Å². The first-order valence-corrected chi connectivity index (χ1v) is 6.07. The van der Waals surface area contributed by atoms with Gasteiger partial charge in [0.1, 0.15) is 11.3 Å². The number of nitrogens with one attached hydrogen (secondary N) is 3. The van der Waals surface area contributed by atoms with Crippen molar-refractivity contribution in [2.45, 2.75) is 26.1 Å². The molecule has 0 aliphatic carbocycles. The number of hydrogen-bond acceptors (Lipinski definition) is 3. The summed E-state index contributed by atoms with van der Waals surface area (Å²) in [6, 6.07) is 1.54. The van der Waals surface area contributed by atoms with Crippen LogP contribution in [0.2, 0.25) is 0 Å². The van der Waals surface area contributed by atoms with E-state index in [9.17, 15) is 22.8 Å². The smallest absolute Gasteiger partial charge is 0.350 e. The first-order valence-electron chi connectivity index (χ1n) is 6.07. The van der Waals surface area contributed by atoms with Crippen molar-refractivity contribution in [1.82, 2.24) is 15.6 Å². The first kappa shape index (κ1) is 19.5. The Kier molecular flexibility index (Phi) is 7.45. The third-order valence-electron chi connectivity index (χ3n) is 2.58. The monoisotopic (exact) mass is 327 g/mol. The summed E-state index contributed by atoms with van der Waals surface area (Å²) in [6.07, 6.45) is -4.65. The highest BCUT2D eigenvalue weighted by atomic mass is 35.5. The molecule has 9 heteroatoms. The second-order valence-corrected chi connectivity index (χ2v) is 4.28. The summed E-state index contributed by atoms with van der Waals surface area (Å²) < 4.78 is 37.1. The Bertz CT molecular complexity index is 531. The third-order valence-corrected chi connectivity index (χ3v) is 2.58.